The molecule has 2 heterocycles. The Hall–Kier alpha value is -3.06. The van der Waals surface area contributed by atoms with Gasteiger partial charge in [-0.1, -0.05) is 6.92 Å². The van der Waals surface area contributed by atoms with Crippen LogP contribution in [0.4, 0.5) is 10.1 Å². The third-order valence-corrected chi connectivity index (χ3v) is 5.87. The van der Waals surface area contributed by atoms with Crippen LogP contribution >= 0.6 is 0 Å². The zero-order valence-corrected chi connectivity index (χ0v) is 18.6. The zero-order valence-electron chi connectivity index (χ0n) is 18.6. The molecule has 0 unspecified atom stereocenters. The van der Waals surface area contributed by atoms with Crippen LogP contribution in [0.1, 0.15) is 26.2 Å². The Balaban J connectivity index is 1.43. The number of nitrogen functional groups attached to an aromatic ring is 1. The highest BCUT2D eigenvalue weighted by Crippen LogP contribution is 2.33. The molecule has 0 aliphatic carbocycles. The number of rotatable bonds is 8. The first-order chi connectivity index (χ1) is 15.5. The molecule has 0 saturated carbocycles. The van der Waals surface area contributed by atoms with E-state index in [1.807, 2.05) is 18.2 Å². The van der Waals surface area contributed by atoms with Gasteiger partial charge in [0.25, 0.3) is 0 Å². The summed E-state index contributed by atoms with van der Waals surface area (Å²) < 4.78 is 31.2. The molecule has 1 aromatic heterocycles. The van der Waals surface area contributed by atoms with Gasteiger partial charge < -0.3 is 24.8 Å². The number of aromatic nitrogens is 1. The van der Waals surface area contributed by atoms with Crippen molar-refractivity contribution in [2.45, 2.75) is 26.2 Å². The fourth-order valence-electron chi connectivity index (χ4n) is 3.91. The van der Waals surface area contributed by atoms with Crippen LogP contribution in [-0.2, 0) is 0 Å². The minimum absolute atomic E-state index is 0.0724. The van der Waals surface area contributed by atoms with Crippen molar-refractivity contribution < 1.29 is 18.6 Å². The quantitative estimate of drug-likeness (QED) is 0.381. The van der Waals surface area contributed by atoms with Crippen molar-refractivity contribution in [1.29, 1.82) is 0 Å². The van der Waals surface area contributed by atoms with E-state index in [9.17, 15) is 4.39 Å². The topological polar surface area (TPSA) is 69.8 Å². The predicted molar refractivity (Wildman–Crippen MR) is 124 cm³/mol. The molecule has 0 atom stereocenters. The van der Waals surface area contributed by atoms with E-state index in [1.54, 1.807) is 19.2 Å². The standard InChI is InChI=1S/C25H30FN3O3/c1-17-8-11-29(12-9-17)10-3-13-31-24-16-21-18(14-23(24)30-2)4-7-25(28-21)32-22-6-5-19(27)15-20(22)26/h4-7,14-17H,3,8-13,27H2,1-2H3. The number of halogens is 1. The van der Waals surface area contributed by atoms with Gasteiger partial charge in [-0.05, 0) is 62.5 Å². The maximum Gasteiger partial charge on any atom is 0.219 e. The van der Waals surface area contributed by atoms with Crippen molar-refractivity contribution in [1.82, 2.24) is 9.88 Å². The third kappa shape index (κ3) is 5.40. The molecule has 6 nitrogen and oxygen atoms in total. The van der Waals surface area contributed by atoms with Gasteiger partial charge in [0.2, 0.25) is 5.88 Å². The fraction of sp³-hybridized carbons (Fsp3) is 0.400. The molecule has 0 bridgehead atoms. The smallest absolute Gasteiger partial charge is 0.219 e. The first-order valence-corrected chi connectivity index (χ1v) is 11.1. The minimum Gasteiger partial charge on any atom is -0.493 e. The molecule has 1 fully saturated rings. The van der Waals surface area contributed by atoms with Crippen molar-refractivity contribution in [3.63, 3.8) is 0 Å². The summed E-state index contributed by atoms with van der Waals surface area (Å²) in [6.07, 6.45) is 3.49. The van der Waals surface area contributed by atoms with Gasteiger partial charge >= 0.3 is 0 Å². The maximum atomic E-state index is 14.1. The number of anilines is 1. The van der Waals surface area contributed by atoms with Gasteiger partial charge in [-0.2, -0.15) is 0 Å². The number of hydrogen-bond acceptors (Lipinski definition) is 6. The van der Waals surface area contributed by atoms with Gasteiger partial charge in [0, 0.05) is 35.8 Å². The third-order valence-electron chi connectivity index (χ3n) is 5.87. The average molecular weight is 440 g/mol. The van der Waals surface area contributed by atoms with Crippen LogP contribution in [0.5, 0.6) is 23.1 Å². The van der Waals surface area contributed by atoms with Gasteiger partial charge in [-0.3, -0.25) is 0 Å². The molecule has 4 rings (SSSR count). The number of pyridine rings is 1. The van der Waals surface area contributed by atoms with E-state index in [-0.39, 0.29) is 11.6 Å². The highest BCUT2D eigenvalue weighted by molar-refractivity contribution is 5.83. The van der Waals surface area contributed by atoms with Crippen LogP contribution < -0.4 is 19.9 Å². The molecule has 1 saturated heterocycles. The van der Waals surface area contributed by atoms with Crippen molar-refractivity contribution in [2.75, 3.05) is 39.1 Å². The Morgan fingerprint density at radius 2 is 1.88 bits per heavy atom. The average Bonchev–Trinajstić information content (AvgIpc) is 2.79. The number of benzene rings is 2. The summed E-state index contributed by atoms with van der Waals surface area (Å²) in [7, 11) is 1.62. The summed E-state index contributed by atoms with van der Waals surface area (Å²) in [5.74, 6) is 1.95. The molecule has 3 aromatic rings. The summed E-state index contributed by atoms with van der Waals surface area (Å²) in [4.78, 5) is 7.02. The van der Waals surface area contributed by atoms with E-state index in [4.69, 9.17) is 19.9 Å². The Bertz CT molecular complexity index is 1070. The monoisotopic (exact) mass is 439 g/mol. The lowest BCUT2D eigenvalue weighted by atomic mass is 9.99. The SMILES string of the molecule is COc1cc2ccc(Oc3ccc(N)cc3F)nc2cc1OCCCN1CCC(C)CC1. The number of likely N-dealkylation sites (tertiary alicyclic amines) is 1. The van der Waals surface area contributed by atoms with E-state index in [0.29, 0.717) is 29.3 Å². The molecule has 1 aliphatic heterocycles. The van der Waals surface area contributed by atoms with E-state index in [0.717, 1.165) is 24.3 Å². The van der Waals surface area contributed by atoms with Crippen LogP contribution in [0.2, 0.25) is 0 Å². The van der Waals surface area contributed by atoms with Crippen LogP contribution in [0.15, 0.2) is 42.5 Å². The first kappa shape index (κ1) is 22.1. The van der Waals surface area contributed by atoms with Crippen LogP contribution in [0.25, 0.3) is 10.9 Å². The lowest BCUT2D eigenvalue weighted by Gasteiger charge is -2.30. The molecule has 0 spiro atoms. The van der Waals surface area contributed by atoms with Crippen LogP contribution in [0.3, 0.4) is 0 Å². The summed E-state index contributed by atoms with van der Waals surface area (Å²) in [5, 5.41) is 0.877. The summed E-state index contributed by atoms with van der Waals surface area (Å²) in [5.41, 5.74) is 6.62. The predicted octanol–water partition coefficient (Wildman–Crippen LogP) is 5.26. The van der Waals surface area contributed by atoms with E-state index < -0.39 is 5.82 Å². The lowest BCUT2D eigenvalue weighted by molar-refractivity contribution is 0.176. The molecule has 32 heavy (non-hydrogen) atoms. The van der Waals surface area contributed by atoms with Crippen LogP contribution in [0, 0.1) is 11.7 Å². The van der Waals surface area contributed by atoms with Gasteiger partial charge in [0.15, 0.2) is 23.1 Å². The normalized spacial score (nSPS) is 15.1. The Kier molecular flexibility index (Phi) is 6.95. The summed E-state index contributed by atoms with van der Waals surface area (Å²) >= 11 is 0. The molecule has 170 valence electrons. The largest absolute Gasteiger partial charge is 0.493 e. The lowest BCUT2D eigenvalue weighted by Crippen LogP contribution is -2.34. The van der Waals surface area contributed by atoms with Gasteiger partial charge in [0.1, 0.15) is 0 Å². The first-order valence-electron chi connectivity index (χ1n) is 11.1. The summed E-state index contributed by atoms with van der Waals surface area (Å²) in [6, 6.07) is 11.6. The molecule has 0 radical (unpaired) electrons. The molecule has 1 aliphatic rings. The van der Waals surface area contributed by atoms with E-state index in [2.05, 4.69) is 16.8 Å². The number of methoxy groups -OCH3 is 1. The molecule has 7 heteroatoms. The second-order valence-electron chi connectivity index (χ2n) is 8.36. The van der Waals surface area contributed by atoms with Gasteiger partial charge in [-0.25, -0.2) is 9.37 Å². The summed E-state index contributed by atoms with van der Waals surface area (Å²) in [6.45, 7) is 6.29. The number of nitrogens with two attached hydrogens (primary N) is 1. The van der Waals surface area contributed by atoms with Crippen molar-refractivity contribution in [3.05, 3.63) is 48.3 Å². The zero-order chi connectivity index (χ0) is 22.5. The number of hydrogen-bond donors (Lipinski definition) is 1. The van der Waals surface area contributed by atoms with Crippen LogP contribution in [-0.4, -0.2) is 43.2 Å². The second kappa shape index (κ2) is 10.0. The number of fused-ring (bicyclic) bond motifs is 1. The maximum absolute atomic E-state index is 14.1. The highest BCUT2D eigenvalue weighted by atomic mass is 19.1. The Morgan fingerprint density at radius 1 is 1.06 bits per heavy atom. The van der Waals surface area contributed by atoms with Crippen molar-refractivity contribution >= 4 is 16.6 Å². The van der Waals surface area contributed by atoms with Gasteiger partial charge in [-0.15, -0.1) is 0 Å². The minimum atomic E-state index is -0.534. The van der Waals surface area contributed by atoms with E-state index >= 15 is 0 Å². The van der Waals surface area contributed by atoms with Gasteiger partial charge in [0.05, 0.1) is 19.2 Å². The molecule has 2 aromatic carbocycles. The molecule has 0 amide bonds. The fourth-order valence-corrected chi connectivity index (χ4v) is 3.91. The van der Waals surface area contributed by atoms with E-state index in [1.165, 1.54) is 38.1 Å². The number of nitrogens with zero attached hydrogens (tertiary/aromatic N) is 2. The van der Waals surface area contributed by atoms with Crippen molar-refractivity contribution in [2.24, 2.45) is 5.92 Å². The molecular formula is C25H30FN3O3. The molecule has 2 N–H and O–H groups in total. The number of piperidine rings is 1. The molecular weight excluding hydrogens is 409 g/mol. The van der Waals surface area contributed by atoms with Crippen molar-refractivity contribution in [3.8, 4) is 23.1 Å². The second-order valence-corrected chi connectivity index (χ2v) is 8.36. The Labute approximate surface area is 188 Å². The number of ether oxygens (including phenoxy) is 3. The highest BCUT2D eigenvalue weighted by Gasteiger charge is 2.15. The Morgan fingerprint density at radius 3 is 2.62 bits per heavy atom.